The van der Waals surface area contributed by atoms with Crippen LogP contribution in [0.3, 0.4) is 0 Å². The van der Waals surface area contributed by atoms with Gasteiger partial charge in [0.1, 0.15) is 5.75 Å². The highest BCUT2D eigenvalue weighted by Crippen LogP contribution is 2.38. The summed E-state index contributed by atoms with van der Waals surface area (Å²) in [5, 5.41) is 2.83. The van der Waals surface area contributed by atoms with Crippen LogP contribution in [-0.4, -0.2) is 72.2 Å². The molecule has 5 N–H and O–H groups in total. The summed E-state index contributed by atoms with van der Waals surface area (Å²) in [6, 6.07) is 24.0. The number of imide groups is 1. The van der Waals surface area contributed by atoms with E-state index in [4.69, 9.17) is 20.4 Å². The molecule has 13 nitrogen and oxygen atoms in total. The van der Waals surface area contributed by atoms with Gasteiger partial charge < -0.3 is 25.8 Å². The molecule has 3 amide bonds. The third-order valence-electron chi connectivity index (χ3n) is 11.1. The van der Waals surface area contributed by atoms with Crippen LogP contribution in [0.15, 0.2) is 141 Å². The van der Waals surface area contributed by atoms with E-state index in [1.165, 1.54) is 18.4 Å². The molecule has 65 heavy (non-hydrogen) atoms. The van der Waals surface area contributed by atoms with Gasteiger partial charge >= 0.3 is 0 Å². The lowest BCUT2D eigenvalue weighted by molar-refractivity contribution is -0.137. The summed E-state index contributed by atoms with van der Waals surface area (Å²) in [7, 11) is 0. The highest BCUT2D eigenvalue weighted by atomic mass is 16.5. The fraction of sp³-hybridized carbons (Fsp3) is 0.0962. The van der Waals surface area contributed by atoms with E-state index in [9.17, 15) is 14.4 Å². The van der Waals surface area contributed by atoms with Crippen LogP contribution in [0.2, 0.25) is 0 Å². The Morgan fingerprint density at radius 3 is 1.74 bits per heavy atom. The van der Waals surface area contributed by atoms with Crippen molar-refractivity contribution in [2.75, 3.05) is 19.7 Å². The first kappa shape index (κ1) is 41.6. The van der Waals surface area contributed by atoms with Crippen LogP contribution in [-0.2, 0) is 14.4 Å². The Morgan fingerprint density at radius 1 is 0.677 bits per heavy atom. The van der Waals surface area contributed by atoms with Crippen molar-refractivity contribution in [3.05, 3.63) is 169 Å². The molecule has 0 spiro atoms. The number of aromatic amines is 2. The minimum Gasteiger partial charge on any atom is -0.494 e. The van der Waals surface area contributed by atoms with Gasteiger partial charge in [0, 0.05) is 101 Å². The van der Waals surface area contributed by atoms with E-state index in [0.29, 0.717) is 25.3 Å². The van der Waals surface area contributed by atoms with Crippen LogP contribution in [0, 0.1) is 0 Å². The summed E-state index contributed by atoms with van der Waals surface area (Å²) < 4.78 is 6.08. The van der Waals surface area contributed by atoms with Crippen LogP contribution in [0.25, 0.3) is 85.3 Å². The SMILES string of the molecule is C=C/C=C(\C=C/N)c1c2nc(c(-c3ccc(OCCCNC(=O)CCN4C(=O)C=CC4=O)cc3)c3ccc([nH]3)c(-c3ccncc3)c3nc(c(-c4ccncc4)c4ccc1[nH]4)C=C3)C=C2. The summed E-state index contributed by atoms with van der Waals surface area (Å²) >= 11 is 0. The van der Waals surface area contributed by atoms with Crippen molar-refractivity contribution in [1.82, 2.24) is 40.1 Å². The van der Waals surface area contributed by atoms with E-state index in [1.807, 2.05) is 91.1 Å². The second kappa shape index (κ2) is 18.7. The predicted octanol–water partition coefficient (Wildman–Crippen LogP) is 8.69. The van der Waals surface area contributed by atoms with Crippen LogP contribution in [0.5, 0.6) is 5.75 Å². The number of hydrogen-bond acceptors (Lipinski definition) is 9. The molecule has 6 aromatic rings. The molecule has 0 saturated heterocycles. The van der Waals surface area contributed by atoms with Crippen molar-refractivity contribution in [3.8, 4) is 39.1 Å². The number of pyridine rings is 2. The van der Waals surface area contributed by atoms with Gasteiger partial charge in [-0.25, -0.2) is 9.97 Å². The first-order valence-electron chi connectivity index (χ1n) is 21.1. The van der Waals surface area contributed by atoms with Gasteiger partial charge in [-0.2, -0.15) is 0 Å². The van der Waals surface area contributed by atoms with Crippen LogP contribution < -0.4 is 15.8 Å². The standard InChI is InChI=1S/C52H43N9O4/c1-2-4-33(19-25-53)49-38-9-11-40(57-38)50(34-5-7-37(8-6-34)65-32-3-26-56-46(62)24-31-61-47(63)17-18-48(61)64)41-12-14-43(59-41)52(36-22-29-55-30-23-36)45-16-15-44(60-45)51(35-20-27-54-28-21-35)42-13-10-39(49)58-42/h2,4-23,25,27-30,58-59H,1,3,24,26,31-32,53H2,(H,56,62)/b25-19-,33-4+,49-38?,49-39?,50-40?,50-41?,51-42?,51-44?,52-43?,52-45?. The van der Waals surface area contributed by atoms with Gasteiger partial charge in [0.05, 0.1) is 29.4 Å². The smallest absolute Gasteiger partial charge is 0.253 e. The number of benzene rings is 1. The zero-order valence-corrected chi connectivity index (χ0v) is 35.2. The molecular weight excluding hydrogens is 815 g/mol. The highest BCUT2D eigenvalue weighted by Gasteiger charge is 2.24. The third-order valence-corrected chi connectivity index (χ3v) is 11.1. The minimum atomic E-state index is -0.404. The van der Waals surface area contributed by atoms with Crippen molar-refractivity contribution in [2.45, 2.75) is 12.8 Å². The number of aromatic nitrogens is 6. The maximum absolute atomic E-state index is 12.4. The molecule has 0 aliphatic carbocycles. The monoisotopic (exact) mass is 857 g/mol. The molecule has 9 rings (SSSR count). The second-order valence-electron chi connectivity index (χ2n) is 15.2. The Hall–Kier alpha value is -8.71. The molecule has 320 valence electrons. The van der Waals surface area contributed by atoms with E-state index < -0.39 is 11.8 Å². The predicted molar refractivity (Wildman–Crippen MR) is 256 cm³/mol. The van der Waals surface area contributed by atoms with E-state index in [1.54, 1.807) is 30.9 Å². The number of nitrogens with two attached hydrogens (primary N) is 1. The van der Waals surface area contributed by atoms with Crippen LogP contribution in [0.1, 0.15) is 41.2 Å². The fourth-order valence-corrected chi connectivity index (χ4v) is 8.07. The number of nitrogens with zero attached hydrogens (tertiary/aromatic N) is 5. The van der Waals surface area contributed by atoms with E-state index in [-0.39, 0.29) is 18.9 Å². The molecular formula is C52H43N9O4. The number of fused-ring (bicyclic) bond motifs is 8. The van der Waals surface area contributed by atoms with Crippen molar-refractivity contribution in [2.24, 2.45) is 5.73 Å². The molecule has 5 aromatic heterocycles. The van der Waals surface area contributed by atoms with E-state index in [0.717, 1.165) is 94.3 Å². The van der Waals surface area contributed by atoms with Gasteiger partial charge in [-0.15, -0.1) is 0 Å². The number of carbonyl (C=O) groups excluding carboxylic acids is 3. The van der Waals surface area contributed by atoms with Crippen LogP contribution in [0.4, 0.5) is 0 Å². The molecule has 8 heterocycles. The minimum absolute atomic E-state index is 0.0347. The summed E-state index contributed by atoms with van der Waals surface area (Å²) in [4.78, 5) is 63.7. The number of carbonyl (C=O) groups is 3. The Labute approximate surface area is 374 Å². The molecule has 8 bridgehead atoms. The number of ether oxygens (including phenoxy) is 1. The molecule has 3 aliphatic heterocycles. The lowest BCUT2D eigenvalue weighted by Crippen LogP contribution is -2.35. The fourth-order valence-electron chi connectivity index (χ4n) is 8.07. The maximum Gasteiger partial charge on any atom is 0.253 e. The maximum atomic E-state index is 12.4. The van der Waals surface area contributed by atoms with E-state index in [2.05, 4.69) is 50.0 Å². The molecule has 0 saturated carbocycles. The number of H-pyrrole nitrogens is 2. The topological polar surface area (TPSA) is 185 Å². The zero-order chi connectivity index (χ0) is 44.7. The average Bonchev–Trinajstić information content (AvgIpc) is 4.20. The molecule has 0 atom stereocenters. The van der Waals surface area contributed by atoms with Gasteiger partial charge in [0.15, 0.2) is 0 Å². The molecule has 0 fully saturated rings. The second-order valence-corrected chi connectivity index (χ2v) is 15.2. The molecule has 3 aliphatic rings. The summed E-state index contributed by atoms with van der Waals surface area (Å²) in [6.07, 6.45) is 25.3. The molecule has 13 heteroatoms. The Balaban J connectivity index is 1.13. The van der Waals surface area contributed by atoms with Gasteiger partial charge in [0.2, 0.25) is 5.91 Å². The number of allylic oxidation sites excluding steroid dienone is 4. The van der Waals surface area contributed by atoms with Crippen molar-refractivity contribution in [3.63, 3.8) is 0 Å². The molecule has 0 unspecified atom stereocenters. The summed E-state index contributed by atoms with van der Waals surface area (Å²) in [6.45, 7) is 4.78. The van der Waals surface area contributed by atoms with Crippen molar-refractivity contribution in [1.29, 1.82) is 0 Å². The number of nitrogens with one attached hydrogen (secondary N) is 3. The quantitative estimate of drug-likeness (QED) is 0.0472. The lowest BCUT2D eigenvalue weighted by Gasteiger charge is -2.13. The first-order valence-corrected chi connectivity index (χ1v) is 21.1. The largest absolute Gasteiger partial charge is 0.494 e. The van der Waals surface area contributed by atoms with Gasteiger partial charge in [-0.1, -0.05) is 30.9 Å². The third kappa shape index (κ3) is 8.84. The van der Waals surface area contributed by atoms with Crippen LogP contribution >= 0.6 is 0 Å². The van der Waals surface area contributed by atoms with E-state index >= 15 is 0 Å². The summed E-state index contributed by atoms with van der Waals surface area (Å²) in [5.41, 5.74) is 19.6. The Morgan fingerprint density at radius 2 is 1.18 bits per heavy atom. The number of amides is 3. The normalized spacial score (nSPS) is 13.3. The number of hydrogen-bond donors (Lipinski definition) is 4. The average molecular weight is 858 g/mol. The molecule has 1 aromatic carbocycles. The number of rotatable bonds is 14. The first-order chi connectivity index (χ1) is 31.9. The Bertz CT molecular complexity index is 3140. The van der Waals surface area contributed by atoms with Crippen molar-refractivity contribution >= 4 is 69.7 Å². The van der Waals surface area contributed by atoms with Gasteiger partial charge in [-0.05, 0) is 126 Å². The zero-order valence-electron chi connectivity index (χ0n) is 35.2. The van der Waals surface area contributed by atoms with Crippen molar-refractivity contribution < 1.29 is 19.1 Å². The molecule has 0 radical (unpaired) electrons. The Kier molecular flexibility index (Phi) is 12.0. The van der Waals surface area contributed by atoms with Gasteiger partial charge in [-0.3, -0.25) is 29.3 Å². The van der Waals surface area contributed by atoms with Gasteiger partial charge in [0.25, 0.3) is 11.8 Å². The summed E-state index contributed by atoms with van der Waals surface area (Å²) in [5.74, 6) is -0.389. The lowest BCUT2D eigenvalue weighted by atomic mass is 10.0. The highest BCUT2D eigenvalue weighted by molar-refractivity contribution is 6.13.